The zero-order valence-corrected chi connectivity index (χ0v) is 10.4. The SMILES string of the molecule is Nc1cc(Cl)ccc1C(=O)OCCC1CCC1. The Labute approximate surface area is 106 Å². The molecular weight excluding hydrogens is 238 g/mol. The average molecular weight is 254 g/mol. The molecule has 0 heterocycles. The summed E-state index contributed by atoms with van der Waals surface area (Å²) < 4.78 is 5.19. The molecule has 1 aromatic rings. The van der Waals surface area contributed by atoms with Crippen LogP contribution in [0.15, 0.2) is 18.2 Å². The number of ether oxygens (including phenoxy) is 1. The summed E-state index contributed by atoms with van der Waals surface area (Å²) in [5.74, 6) is 0.379. The number of hydrogen-bond donors (Lipinski definition) is 1. The lowest BCUT2D eigenvalue weighted by Crippen LogP contribution is -2.16. The molecule has 1 aliphatic rings. The third kappa shape index (κ3) is 3.13. The zero-order valence-electron chi connectivity index (χ0n) is 9.62. The van der Waals surface area contributed by atoms with Crippen molar-refractivity contribution in [3.05, 3.63) is 28.8 Å². The van der Waals surface area contributed by atoms with Gasteiger partial charge in [-0.05, 0) is 30.5 Å². The number of halogens is 1. The summed E-state index contributed by atoms with van der Waals surface area (Å²) in [5.41, 5.74) is 6.46. The van der Waals surface area contributed by atoms with E-state index in [9.17, 15) is 4.79 Å². The van der Waals surface area contributed by atoms with E-state index in [0.29, 0.717) is 22.9 Å². The Morgan fingerprint density at radius 2 is 2.24 bits per heavy atom. The molecule has 2 rings (SSSR count). The molecule has 0 radical (unpaired) electrons. The van der Waals surface area contributed by atoms with Gasteiger partial charge in [-0.1, -0.05) is 30.9 Å². The number of carbonyl (C=O) groups excluding carboxylic acids is 1. The topological polar surface area (TPSA) is 52.3 Å². The van der Waals surface area contributed by atoms with Crippen LogP contribution in [0.25, 0.3) is 0 Å². The summed E-state index contributed by atoms with van der Waals surface area (Å²) >= 11 is 5.76. The van der Waals surface area contributed by atoms with Gasteiger partial charge in [0.05, 0.1) is 12.2 Å². The molecule has 0 spiro atoms. The first-order chi connectivity index (χ1) is 8.16. The van der Waals surface area contributed by atoms with E-state index in [1.54, 1.807) is 18.2 Å². The minimum Gasteiger partial charge on any atom is -0.462 e. The number of benzene rings is 1. The van der Waals surface area contributed by atoms with Crippen LogP contribution in [0.1, 0.15) is 36.0 Å². The van der Waals surface area contributed by atoms with Crippen LogP contribution in [-0.2, 0) is 4.74 Å². The lowest BCUT2D eigenvalue weighted by atomic mass is 9.83. The molecule has 0 atom stereocenters. The van der Waals surface area contributed by atoms with Crippen molar-refractivity contribution in [2.45, 2.75) is 25.7 Å². The van der Waals surface area contributed by atoms with E-state index in [1.807, 2.05) is 0 Å². The minimum absolute atomic E-state index is 0.363. The van der Waals surface area contributed by atoms with Gasteiger partial charge < -0.3 is 10.5 Å². The van der Waals surface area contributed by atoms with Crippen molar-refractivity contribution in [2.24, 2.45) is 5.92 Å². The van der Waals surface area contributed by atoms with E-state index in [2.05, 4.69) is 0 Å². The summed E-state index contributed by atoms with van der Waals surface area (Å²) in [4.78, 5) is 11.7. The van der Waals surface area contributed by atoms with E-state index in [1.165, 1.54) is 19.3 Å². The van der Waals surface area contributed by atoms with Gasteiger partial charge in [0.15, 0.2) is 0 Å². The second-order valence-electron chi connectivity index (χ2n) is 4.45. The molecule has 0 amide bonds. The highest BCUT2D eigenvalue weighted by Crippen LogP contribution is 2.29. The van der Waals surface area contributed by atoms with Crippen molar-refractivity contribution in [3.63, 3.8) is 0 Å². The first kappa shape index (κ1) is 12.2. The van der Waals surface area contributed by atoms with Crippen LogP contribution in [0.3, 0.4) is 0 Å². The Morgan fingerprint density at radius 3 is 2.82 bits per heavy atom. The normalized spacial score (nSPS) is 15.4. The Hall–Kier alpha value is -1.22. The Morgan fingerprint density at radius 1 is 1.47 bits per heavy atom. The first-order valence-corrected chi connectivity index (χ1v) is 6.27. The van der Waals surface area contributed by atoms with Crippen molar-refractivity contribution in [2.75, 3.05) is 12.3 Å². The van der Waals surface area contributed by atoms with Crippen LogP contribution in [0, 0.1) is 5.92 Å². The molecule has 1 aromatic carbocycles. The fourth-order valence-electron chi connectivity index (χ4n) is 1.90. The number of nitrogens with two attached hydrogens (primary N) is 1. The van der Waals surface area contributed by atoms with Crippen molar-refractivity contribution in [3.8, 4) is 0 Å². The molecule has 2 N–H and O–H groups in total. The summed E-state index contributed by atoms with van der Waals surface area (Å²) in [6.45, 7) is 0.478. The van der Waals surface area contributed by atoms with Gasteiger partial charge in [0.1, 0.15) is 0 Å². The lowest BCUT2D eigenvalue weighted by molar-refractivity contribution is 0.0465. The maximum atomic E-state index is 11.7. The van der Waals surface area contributed by atoms with Crippen LogP contribution in [-0.4, -0.2) is 12.6 Å². The summed E-state index contributed by atoms with van der Waals surface area (Å²) in [5, 5.41) is 0.522. The van der Waals surface area contributed by atoms with E-state index >= 15 is 0 Å². The highest BCUT2D eigenvalue weighted by atomic mass is 35.5. The summed E-state index contributed by atoms with van der Waals surface area (Å²) in [6.07, 6.45) is 4.79. The average Bonchev–Trinajstić information content (AvgIpc) is 2.21. The van der Waals surface area contributed by atoms with Crippen molar-refractivity contribution >= 4 is 23.3 Å². The molecule has 0 aromatic heterocycles. The number of nitrogen functional groups attached to an aromatic ring is 1. The Balaban J connectivity index is 1.85. The van der Waals surface area contributed by atoms with Crippen LogP contribution in [0.4, 0.5) is 5.69 Å². The smallest absolute Gasteiger partial charge is 0.340 e. The fourth-order valence-corrected chi connectivity index (χ4v) is 2.08. The molecule has 1 fully saturated rings. The van der Waals surface area contributed by atoms with E-state index < -0.39 is 0 Å². The van der Waals surface area contributed by atoms with Crippen LogP contribution < -0.4 is 5.73 Å². The van der Waals surface area contributed by atoms with Gasteiger partial charge in [-0.2, -0.15) is 0 Å². The van der Waals surface area contributed by atoms with E-state index in [-0.39, 0.29) is 5.97 Å². The zero-order chi connectivity index (χ0) is 12.3. The van der Waals surface area contributed by atoms with Gasteiger partial charge in [-0.15, -0.1) is 0 Å². The summed E-state index contributed by atoms with van der Waals surface area (Å²) in [7, 11) is 0. The van der Waals surface area contributed by atoms with Crippen molar-refractivity contribution in [1.82, 2.24) is 0 Å². The number of esters is 1. The molecule has 0 unspecified atom stereocenters. The minimum atomic E-state index is -0.363. The van der Waals surface area contributed by atoms with Gasteiger partial charge in [0, 0.05) is 10.7 Å². The van der Waals surface area contributed by atoms with E-state index in [0.717, 1.165) is 12.3 Å². The number of anilines is 1. The van der Waals surface area contributed by atoms with Crippen LogP contribution in [0.2, 0.25) is 5.02 Å². The number of rotatable bonds is 4. The molecule has 0 saturated heterocycles. The third-order valence-corrected chi connectivity index (χ3v) is 3.45. The molecule has 0 bridgehead atoms. The second-order valence-corrected chi connectivity index (χ2v) is 4.89. The Kier molecular flexibility index (Phi) is 3.89. The van der Waals surface area contributed by atoms with Gasteiger partial charge in [0.25, 0.3) is 0 Å². The second kappa shape index (κ2) is 5.41. The predicted molar refractivity (Wildman–Crippen MR) is 68.1 cm³/mol. The maximum absolute atomic E-state index is 11.7. The third-order valence-electron chi connectivity index (χ3n) is 3.22. The molecule has 92 valence electrons. The maximum Gasteiger partial charge on any atom is 0.340 e. The molecule has 17 heavy (non-hydrogen) atoms. The highest BCUT2D eigenvalue weighted by Gasteiger charge is 2.18. The monoisotopic (exact) mass is 253 g/mol. The van der Waals surface area contributed by atoms with Gasteiger partial charge >= 0.3 is 5.97 Å². The number of carbonyl (C=O) groups is 1. The van der Waals surface area contributed by atoms with Gasteiger partial charge in [0.2, 0.25) is 0 Å². The highest BCUT2D eigenvalue weighted by molar-refractivity contribution is 6.31. The van der Waals surface area contributed by atoms with E-state index in [4.69, 9.17) is 22.1 Å². The summed E-state index contributed by atoms with van der Waals surface area (Å²) in [6, 6.07) is 4.80. The fraction of sp³-hybridized carbons (Fsp3) is 0.462. The molecule has 0 aliphatic heterocycles. The molecular formula is C13H16ClNO2. The van der Waals surface area contributed by atoms with Crippen molar-refractivity contribution < 1.29 is 9.53 Å². The van der Waals surface area contributed by atoms with Gasteiger partial charge in [-0.25, -0.2) is 4.79 Å². The van der Waals surface area contributed by atoms with Crippen molar-refractivity contribution in [1.29, 1.82) is 0 Å². The molecule has 1 saturated carbocycles. The molecule has 1 aliphatic carbocycles. The van der Waals surface area contributed by atoms with Gasteiger partial charge in [-0.3, -0.25) is 0 Å². The molecule has 4 heteroatoms. The number of hydrogen-bond acceptors (Lipinski definition) is 3. The Bertz CT molecular complexity index is 416. The van der Waals surface area contributed by atoms with Crippen LogP contribution >= 0.6 is 11.6 Å². The quantitative estimate of drug-likeness (QED) is 0.662. The predicted octanol–water partition coefficient (Wildman–Crippen LogP) is 3.27. The van der Waals surface area contributed by atoms with Crippen LogP contribution in [0.5, 0.6) is 0 Å². The molecule has 3 nitrogen and oxygen atoms in total. The first-order valence-electron chi connectivity index (χ1n) is 5.89. The largest absolute Gasteiger partial charge is 0.462 e. The standard InChI is InChI=1S/C13H16ClNO2/c14-10-4-5-11(12(15)8-10)13(16)17-7-6-9-2-1-3-9/h4-5,8-9H,1-3,6-7,15H2. The lowest BCUT2D eigenvalue weighted by Gasteiger charge is -2.24.